The Morgan fingerprint density at radius 3 is 2.68 bits per heavy atom. The highest BCUT2D eigenvalue weighted by Gasteiger charge is 2.63. The topological polar surface area (TPSA) is 77.9 Å². The zero-order chi connectivity index (χ0) is 14.2. The van der Waals surface area contributed by atoms with Gasteiger partial charge in [-0.05, 0) is 11.6 Å². The van der Waals surface area contributed by atoms with Crippen molar-refractivity contribution in [3.05, 3.63) is 22.6 Å². The van der Waals surface area contributed by atoms with Crippen molar-refractivity contribution in [1.82, 2.24) is 0 Å². The van der Waals surface area contributed by atoms with Crippen LogP contribution in [-0.2, 0) is 19.1 Å². The Kier molecular flexibility index (Phi) is 3.12. The first-order chi connectivity index (χ1) is 9.01. The molecule has 0 amide bonds. The average Bonchev–Trinajstić information content (AvgIpc) is 2.90. The molecule has 1 heterocycles. The van der Waals surface area contributed by atoms with Gasteiger partial charge in [-0.3, -0.25) is 10.7 Å². The van der Waals surface area contributed by atoms with E-state index in [0.717, 1.165) is 0 Å². The first kappa shape index (κ1) is 13.2. The second-order valence-electron chi connectivity index (χ2n) is 4.60. The monoisotopic (exact) mass is 262 g/mol. The second-order valence-corrected chi connectivity index (χ2v) is 4.60. The van der Waals surface area contributed by atoms with Crippen LogP contribution in [0.15, 0.2) is 17.2 Å². The third kappa shape index (κ3) is 1.64. The van der Waals surface area contributed by atoms with Crippen molar-refractivity contribution in [3.8, 4) is 0 Å². The number of carbonyl (C=O) groups excluding carboxylic acids is 2. The molecule has 100 valence electrons. The highest BCUT2D eigenvalue weighted by Crippen LogP contribution is 2.48. The number of carbonyl (C=O) groups is 2. The van der Waals surface area contributed by atoms with Crippen LogP contribution in [-0.4, -0.2) is 56.4 Å². The van der Waals surface area contributed by atoms with E-state index in [9.17, 15) is 15.0 Å². The Hall–Kier alpha value is -2.20. The summed E-state index contributed by atoms with van der Waals surface area (Å²) in [6.07, 6.45) is 3.08. The van der Waals surface area contributed by atoms with E-state index in [1.54, 1.807) is 17.8 Å². The molecule has 0 radical (unpaired) electrons. The van der Waals surface area contributed by atoms with Crippen molar-refractivity contribution in [2.45, 2.75) is 0 Å². The van der Waals surface area contributed by atoms with Gasteiger partial charge in [-0.1, -0.05) is 0 Å². The molecule has 1 aliphatic carbocycles. The third-order valence-corrected chi connectivity index (χ3v) is 3.62. The maximum absolute atomic E-state index is 12.2. The number of nitrogens with zero attached hydrogens (tertiary/aromatic N) is 2. The SMILES string of the molecule is COC(=O)C1=CC(=C=[N-])C2C[N+](C)=CC12C(=O)OC. The molecule has 0 aromatic heterocycles. The van der Waals surface area contributed by atoms with Crippen LogP contribution in [0, 0.1) is 11.3 Å². The van der Waals surface area contributed by atoms with Crippen LogP contribution in [0.3, 0.4) is 0 Å². The summed E-state index contributed by atoms with van der Waals surface area (Å²) < 4.78 is 11.3. The van der Waals surface area contributed by atoms with Crippen molar-refractivity contribution < 1.29 is 23.6 Å². The van der Waals surface area contributed by atoms with Crippen LogP contribution >= 0.6 is 0 Å². The highest BCUT2D eigenvalue weighted by molar-refractivity contribution is 6.11. The molecule has 0 aromatic rings. The molecular weight excluding hydrogens is 248 g/mol. The average molecular weight is 262 g/mol. The van der Waals surface area contributed by atoms with Crippen molar-refractivity contribution >= 4 is 24.0 Å². The zero-order valence-electron chi connectivity index (χ0n) is 11.0. The van der Waals surface area contributed by atoms with Gasteiger partial charge in [0.1, 0.15) is 7.05 Å². The number of esters is 2. The Morgan fingerprint density at radius 2 is 2.16 bits per heavy atom. The predicted octanol–water partition coefficient (Wildman–Crippen LogP) is -0.233. The Bertz CT molecular complexity index is 569. The summed E-state index contributed by atoms with van der Waals surface area (Å²) in [5, 5.41) is 9.17. The molecule has 6 nitrogen and oxygen atoms in total. The maximum atomic E-state index is 12.2. The fraction of sp³-hybridized carbons (Fsp3) is 0.462. The molecule has 0 saturated carbocycles. The molecule has 2 unspecified atom stereocenters. The largest absolute Gasteiger partial charge is 0.763 e. The standard InChI is InChI=1S/C13H14N2O4/c1-15-6-10-8(5-14)4-9(11(16)18-2)13(10,7-15)12(17)19-3/h4,7,10H,6H2,1-3H3. The van der Waals surface area contributed by atoms with Crippen LogP contribution in [0.2, 0.25) is 0 Å². The van der Waals surface area contributed by atoms with Crippen LogP contribution in [0.1, 0.15) is 0 Å². The summed E-state index contributed by atoms with van der Waals surface area (Å²) in [6, 6.07) is 0. The number of fused-ring (bicyclic) bond motifs is 1. The van der Waals surface area contributed by atoms with Gasteiger partial charge >= 0.3 is 11.9 Å². The normalized spacial score (nSPS) is 28.2. The van der Waals surface area contributed by atoms with Crippen LogP contribution in [0.4, 0.5) is 0 Å². The number of allylic oxidation sites excluding steroid dienone is 1. The number of rotatable bonds is 2. The molecule has 0 spiro atoms. The van der Waals surface area contributed by atoms with Crippen LogP contribution < -0.4 is 0 Å². The lowest BCUT2D eigenvalue weighted by Gasteiger charge is -2.22. The first-order valence-corrected chi connectivity index (χ1v) is 5.73. The van der Waals surface area contributed by atoms with E-state index >= 15 is 0 Å². The predicted molar refractivity (Wildman–Crippen MR) is 67.0 cm³/mol. The molecule has 2 atom stereocenters. The van der Waals surface area contributed by atoms with Crippen molar-refractivity contribution in [2.24, 2.45) is 11.3 Å². The van der Waals surface area contributed by atoms with Gasteiger partial charge < -0.3 is 14.9 Å². The van der Waals surface area contributed by atoms with Gasteiger partial charge in [0.2, 0.25) is 0 Å². The maximum Gasteiger partial charge on any atom is 0.335 e. The van der Waals surface area contributed by atoms with E-state index < -0.39 is 23.3 Å². The Morgan fingerprint density at radius 1 is 1.47 bits per heavy atom. The van der Waals surface area contributed by atoms with Gasteiger partial charge in [0.15, 0.2) is 18.2 Å². The number of methoxy groups -OCH3 is 2. The summed E-state index contributed by atoms with van der Waals surface area (Å²) in [6.45, 7) is 0.481. The van der Waals surface area contributed by atoms with Crippen molar-refractivity contribution in [3.63, 3.8) is 0 Å². The summed E-state index contributed by atoms with van der Waals surface area (Å²) in [4.78, 5) is 24.1. The van der Waals surface area contributed by atoms with Gasteiger partial charge in [0.05, 0.1) is 25.7 Å². The lowest BCUT2D eigenvalue weighted by atomic mass is 9.75. The molecule has 0 bridgehead atoms. The summed E-state index contributed by atoms with van der Waals surface area (Å²) >= 11 is 0. The van der Waals surface area contributed by atoms with E-state index in [4.69, 9.17) is 9.47 Å². The van der Waals surface area contributed by atoms with Gasteiger partial charge in [-0.15, -0.1) is 0 Å². The van der Waals surface area contributed by atoms with E-state index in [2.05, 4.69) is 0 Å². The van der Waals surface area contributed by atoms with E-state index in [0.29, 0.717) is 12.1 Å². The number of ether oxygens (including phenoxy) is 2. The minimum atomic E-state index is -1.23. The molecule has 19 heavy (non-hydrogen) atoms. The van der Waals surface area contributed by atoms with Crippen molar-refractivity contribution in [2.75, 3.05) is 27.8 Å². The molecule has 1 aliphatic heterocycles. The molecule has 0 fully saturated rings. The summed E-state index contributed by atoms with van der Waals surface area (Å²) in [7, 11) is 4.29. The third-order valence-electron chi connectivity index (χ3n) is 3.62. The summed E-state index contributed by atoms with van der Waals surface area (Å²) in [5.41, 5.74) is -0.680. The van der Waals surface area contributed by atoms with E-state index in [1.165, 1.54) is 20.3 Å². The molecule has 6 heteroatoms. The van der Waals surface area contributed by atoms with Gasteiger partial charge in [0.25, 0.3) is 0 Å². The van der Waals surface area contributed by atoms with E-state index in [1.807, 2.05) is 5.87 Å². The van der Waals surface area contributed by atoms with E-state index in [-0.39, 0.29) is 5.57 Å². The zero-order valence-corrected chi connectivity index (χ0v) is 11.0. The number of hydrogen-bond acceptors (Lipinski definition) is 4. The molecule has 0 aromatic carbocycles. The fourth-order valence-corrected chi connectivity index (χ4v) is 2.82. The Balaban J connectivity index is 2.66. The smallest absolute Gasteiger partial charge is 0.335 e. The fourth-order valence-electron chi connectivity index (χ4n) is 2.82. The number of hydrogen-bond donors (Lipinski definition) is 0. The second kappa shape index (κ2) is 4.48. The molecule has 0 saturated heterocycles. The first-order valence-electron chi connectivity index (χ1n) is 5.73. The van der Waals surface area contributed by atoms with Gasteiger partial charge in [-0.2, -0.15) is 0 Å². The quantitative estimate of drug-likeness (QED) is 0.391. The lowest BCUT2D eigenvalue weighted by molar-refractivity contribution is -0.488. The molecule has 0 N–H and O–H groups in total. The van der Waals surface area contributed by atoms with Crippen molar-refractivity contribution in [1.29, 1.82) is 0 Å². The lowest BCUT2D eigenvalue weighted by Crippen LogP contribution is -2.41. The van der Waals surface area contributed by atoms with Gasteiger partial charge in [0, 0.05) is 0 Å². The molecule has 2 rings (SSSR count). The van der Waals surface area contributed by atoms with Crippen LogP contribution in [0.25, 0.3) is 5.41 Å². The highest BCUT2D eigenvalue weighted by atomic mass is 16.5. The molecular formula is C13H14N2O4. The summed E-state index contributed by atoms with van der Waals surface area (Å²) in [5.74, 6) is 0.477. The Labute approximate surface area is 110 Å². The van der Waals surface area contributed by atoms with Gasteiger partial charge in [-0.25, -0.2) is 9.37 Å². The minimum Gasteiger partial charge on any atom is -0.763 e. The minimum absolute atomic E-state index is 0.160. The molecule has 2 aliphatic rings. The van der Waals surface area contributed by atoms with Crippen LogP contribution in [0.5, 0.6) is 0 Å².